The highest BCUT2D eigenvalue weighted by atomic mass is 16.5. The molecule has 4 heteroatoms. The van der Waals surface area contributed by atoms with Crippen molar-refractivity contribution >= 4 is 16.5 Å². The lowest BCUT2D eigenvalue weighted by atomic mass is 9.96. The van der Waals surface area contributed by atoms with Crippen LogP contribution in [0.15, 0.2) is 83.9 Å². The summed E-state index contributed by atoms with van der Waals surface area (Å²) in [5.74, 6) is 1.61. The van der Waals surface area contributed by atoms with Gasteiger partial charge in [0.15, 0.2) is 0 Å². The zero-order chi connectivity index (χ0) is 22.0. The molecular formula is C27H26N2O2. The molecule has 0 spiro atoms. The van der Waals surface area contributed by atoms with Gasteiger partial charge in [0, 0.05) is 16.6 Å². The number of hydrogen-bond donors (Lipinski definition) is 0. The second-order valence-electron chi connectivity index (χ2n) is 7.33. The van der Waals surface area contributed by atoms with Crippen LogP contribution in [0.5, 0.6) is 5.75 Å². The first-order chi connectivity index (χ1) is 15.1. The standard InChI is InChI=1S/C27H26N2O2/c1-6-10-20(11-7-2)26-23-12-8-9-13-24(23)29(21-14-16-22(30-5)17-15-21)27(26)25-18(3)28-31-19(25)4/h6-17H,1H2,2-5H3/b11-7-,20-10+. The van der Waals surface area contributed by atoms with Gasteiger partial charge in [-0.2, -0.15) is 0 Å². The predicted octanol–water partition coefficient (Wildman–Crippen LogP) is 7.06. The molecule has 4 nitrogen and oxygen atoms in total. The molecule has 156 valence electrons. The molecule has 0 aliphatic carbocycles. The Morgan fingerprint density at radius 3 is 2.45 bits per heavy atom. The minimum atomic E-state index is 0.787. The monoisotopic (exact) mass is 410 g/mol. The molecule has 0 radical (unpaired) electrons. The molecule has 0 bridgehead atoms. The molecule has 0 unspecified atom stereocenters. The molecule has 0 amide bonds. The minimum absolute atomic E-state index is 0.787. The third-order valence-electron chi connectivity index (χ3n) is 5.41. The summed E-state index contributed by atoms with van der Waals surface area (Å²) in [6.45, 7) is 9.91. The fourth-order valence-corrected chi connectivity index (χ4v) is 4.12. The van der Waals surface area contributed by atoms with Gasteiger partial charge in [0.25, 0.3) is 0 Å². The highest BCUT2D eigenvalue weighted by Crippen LogP contribution is 2.43. The smallest absolute Gasteiger partial charge is 0.143 e. The van der Waals surface area contributed by atoms with E-state index >= 15 is 0 Å². The Bertz CT molecular complexity index is 1280. The van der Waals surface area contributed by atoms with Crippen molar-refractivity contribution in [2.75, 3.05) is 7.11 Å². The Hall–Kier alpha value is -3.79. The Balaban J connectivity index is 2.20. The van der Waals surface area contributed by atoms with Crippen molar-refractivity contribution in [3.05, 3.63) is 96.4 Å². The van der Waals surface area contributed by atoms with E-state index in [1.54, 1.807) is 7.11 Å². The summed E-state index contributed by atoms with van der Waals surface area (Å²) in [7, 11) is 1.68. The lowest BCUT2D eigenvalue weighted by Crippen LogP contribution is -2.00. The molecule has 0 saturated heterocycles. The summed E-state index contributed by atoms with van der Waals surface area (Å²) >= 11 is 0. The molecule has 0 aliphatic rings. The molecule has 2 heterocycles. The summed E-state index contributed by atoms with van der Waals surface area (Å²) in [5, 5.41) is 5.40. The van der Waals surface area contributed by atoms with Crippen LogP contribution in [0.1, 0.15) is 23.9 Å². The maximum absolute atomic E-state index is 5.59. The normalized spacial score (nSPS) is 12.1. The van der Waals surface area contributed by atoms with E-state index in [0.29, 0.717) is 0 Å². The van der Waals surface area contributed by atoms with Gasteiger partial charge in [0.1, 0.15) is 11.5 Å². The summed E-state index contributed by atoms with van der Waals surface area (Å²) in [6, 6.07) is 16.5. The number of rotatable bonds is 6. The molecule has 0 saturated carbocycles. The van der Waals surface area contributed by atoms with Gasteiger partial charge in [-0.05, 0) is 56.7 Å². The number of methoxy groups -OCH3 is 1. The largest absolute Gasteiger partial charge is 0.497 e. The van der Waals surface area contributed by atoms with Crippen molar-refractivity contribution in [2.24, 2.45) is 0 Å². The van der Waals surface area contributed by atoms with Crippen molar-refractivity contribution in [3.63, 3.8) is 0 Å². The van der Waals surface area contributed by atoms with E-state index in [1.165, 1.54) is 0 Å². The van der Waals surface area contributed by atoms with Crippen LogP contribution in [-0.4, -0.2) is 16.8 Å². The second-order valence-corrected chi connectivity index (χ2v) is 7.33. The third kappa shape index (κ3) is 3.50. The predicted molar refractivity (Wildman–Crippen MR) is 128 cm³/mol. The minimum Gasteiger partial charge on any atom is -0.497 e. The number of hydrogen-bond acceptors (Lipinski definition) is 3. The van der Waals surface area contributed by atoms with Crippen LogP contribution in [0, 0.1) is 13.8 Å². The van der Waals surface area contributed by atoms with Gasteiger partial charge in [0.05, 0.1) is 29.6 Å². The lowest BCUT2D eigenvalue weighted by Gasteiger charge is -2.14. The van der Waals surface area contributed by atoms with E-state index in [1.807, 2.05) is 51.1 Å². The first kappa shape index (κ1) is 20.5. The molecule has 0 fully saturated rings. The van der Waals surface area contributed by atoms with Crippen molar-refractivity contribution in [2.45, 2.75) is 20.8 Å². The zero-order valence-electron chi connectivity index (χ0n) is 18.3. The molecular weight excluding hydrogens is 384 g/mol. The molecule has 0 atom stereocenters. The highest BCUT2D eigenvalue weighted by Gasteiger charge is 2.25. The molecule has 31 heavy (non-hydrogen) atoms. The Morgan fingerprint density at radius 2 is 1.84 bits per heavy atom. The van der Waals surface area contributed by atoms with E-state index in [-0.39, 0.29) is 0 Å². The molecule has 0 aliphatic heterocycles. The summed E-state index contributed by atoms with van der Waals surface area (Å²) in [6.07, 6.45) is 8.03. The van der Waals surface area contributed by atoms with Crippen LogP contribution < -0.4 is 4.74 Å². The van der Waals surface area contributed by atoms with E-state index < -0.39 is 0 Å². The fourth-order valence-electron chi connectivity index (χ4n) is 4.12. The number of ether oxygens (including phenoxy) is 1. The Kier molecular flexibility index (Phi) is 5.63. The van der Waals surface area contributed by atoms with Crippen LogP contribution in [0.3, 0.4) is 0 Å². The van der Waals surface area contributed by atoms with Crippen molar-refractivity contribution in [1.82, 2.24) is 9.72 Å². The first-order valence-corrected chi connectivity index (χ1v) is 10.3. The number of fused-ring (bicyclic) bond motifs is 1. The Labute approximate surface area is 182 Å². The van der Waals surface area contributed by atoms with E-state index in [9.17, 15) is 0 Å². The van der Waals surface area contributed by atoms with Crippen molar-refractivity contribution in [3.8, 4) is 22.7 Å². The van der Waals surface area contributed by atoms with Crippen LogP contribution in [0.25, 0.3) is 33.4 Å². The second kappa shape index (κ2) is 8.52. The quantitative estimate of drug-likeness (QED) is 0.320. The molecule has 2 aromatic heterocycles. The maximum atomic E-state index is 5.59. The van der Waals surface area contributed by atoms with E-state index in [4.69, 9.17) is 9.26 Å². The van der Waals surface area contributed by atoms with Gasteiger partial charge >= 0.3 is 0 Å². The van der Waals surface area contributed by atoms with E-state index in [0.717, 1.165) is 56.2 Å². The number of para-hydroxylation sites is 1. The number of aromatic nitrogens is 2. The van der Waals surface area contributed by atoms with Crippen LogP contribution in [0.2, 0.25) is 0 Å². The van der Waals surface area contributed by atoms with Crippen LogP contribution >= 0.6 is 0 Å². The average molecular weight is 411 g/mol. The maximum Gasteiger partial charge on any atom is 0.143 e. The van der Waals surface area contributed by atoms with Crippen LogP contribution in [-0.2, 0) is 0 Å². The van der Waals surface area contributed by atoms with Gasteiger partial charge in [-0.3, -0.25) is 0 Å². The zero-order valence-corrected chi connectivity index (χ0v) is 18.3. The van der Waals surface area contributed by atoms with Crippen LogP contribution in [0.4, 0.5) is 0 Å². The molecule has 4 rings (SSSR count). The van der Waals surface area contributed by atoms with Gasteiger partial charge in [0.2, 0.25) is 0 Å². The van der Waals surface area contributed by atoms with E-state index in [2.05, 4.69) is 58.8 Å². The Morgan fingerprint density at radius 1 is 1.10 bits per heavy atom. The van der Waals surface area contributed by atoms with Crippen molar-refractivity contribution < 1.29 is 9.26 Å². The SMILES string of the molecule is C=C/C=C(\C=C/C)c1c(-c2c(C)noc2C)n(-c2ccc(OC)cc2)c2ccccc12. The fraction of sp³-hybridized carbons (Fsp3) is 0.148. The van der Waals surface area contributed by atoms with Gasteiger partial charge in [-0.15, -0.1) is 0 Å². The summed E-state index contributed by atoms with van der Waals surface area (Å²) < 4.78 is 13.2. The molecule has 0 N–H and O–H groups in total. The number of allylic oxidation sites excluding steroid dienone is 5. The number of benzene rings is 2. The van der Waals surface area contributed by atoms with Gasteiger partial charge < -0.3 is 13.8 Å². The number of nitrogens with zero attached hydrogens (tertiary/aromatic N) is 2. The lowest BCUT2D eigenvalue weighted by molar-refractivity contribution is 0.393. The number of aryl methyl sites for hydroxylation is 2. The first-order valence-electron chi connectivity index (χ1n) is 10.3. The van der Waals surface area contributed by atoms with Gasteiger partial charge in [-0.25, -0.2) is 0 Å². The van der Waals surface area contributed by atoms with Gasteiger partial charge in [-0.1, -0.05) is 54.2 Å². The third-order valence-corrected chi connectivity index (χ3v) is 5.41. The van der Waals surface area contributed by atoms with Crippen molar-refractivity contribution in [1.29, 1.82) is 0 Å². The summed E-state index contributed by atoms with van der Waals surface area (Å²) in [4.78, 5) is 0. The highest BCUT2D eigenvalue weighted by molar-refractivity contribution is 6.04. The summed E-state index contributed by atoms with van der Waals surface area (Å²) in [5.41, 5.74) is 7.26. The topological polar surface area (TPSA) is 40.2 Å². The molecule has 2 aromatic carbocycles. The average Bonchev–Trinajstić information content (AvgIpc) is 3.29. The molecule has 4 aromatic rings.